The second-order valence-corrected chi connectivity index (χ2v) is 6.38. The smallest absolute Gasteiger partial charge is 0.312 e. The number of anilines is 1. The Morgan fingerprint density at radius 3 is 2.50 bits per heavy atom. The highest BCUT2D eigenvalue weighted by Crippen LogP contribution is 2.24. The van der Waals surface area contributed by atoms with Gasteiger partial charge in [0.25, 0.3) is 0 Å². The first-order valence-corrected chi connectivity index (χ1v) is 8.22. The van der Waals surface area contributed by atoms with Gasteiger partial charge in [-0.25, -0.2) is 0 Å². The van der Waals surface area contributed by atoms with Crippen molar-refractivity contribution in [2.45, 2.75) is 32.7 Å². The highest BCUT2D eigenvalue weighted by molar-refractivity contribution is 6.35. The monoisotopic (exact) mass is 327 g/mol. The van der Waals surface area contributed by atoms with Crippen LogP contribution in [0.2, 0.25) is 0 Å². The number of nitrogens with zero attached hydrogens (tertiary/aromatic N) is 4. The molecule has 2 heterocycles. The predicted octanol–water partition coefficient (Wildman–Crippen LogP) is 0.497. The lowest BCUT2D eigenvalue weighted by molar-refractivity contribution is -0.146. The number of hydrogen-bond acceptors (Lipinski definition) is 5. The van der Waals surface area contributed by atoms with Crippen LogP contribution in [0.3, 0.4) is 0 Å². The summed E-state index contributed by atoms with van der Waals surface area (Å²) in [5, 5.41) is 12.1. The van der Waals surface area contributed by atoms with Gasteiger partial charge in [0.05, 0.1) is 16.9 Å². The van der Waals surface area contributed by atoms with Crippen molar-refractivity contribution < 1.29 is 9.59 Å². The quantitative estimate of drug-likeness (QED) is 0.799. The van der Waals surface area contributed by atoms with E-state index >= 15 is 0 Å². The largest absolute Gasteiger partial charge is 0.367 e. The summed E-state index contributed by atoms with van der Waals surface area (Å²) >= 11 is 0. The van der Waals surface area contributed by atoms with Gasteiger partial charge in [0.1, 0.15) is 6.07 Å². The number of piperazine rings is 1. The Morgan fingerprint density at radius 2 is 1.92 bits per heavy atom. The number of nitrogens with one attached hydrogen (secondary N) is 1. The molecule has 1 aliphatic carbocycles. The predicted molar refractivity (Wildman–Crippen MR) is 88.4 cm³/mol. The number of hydrogen-bond donors (Lipinski definition) is 1. The highest BCUT2D eigenvalue weighted by Gasteiger charge is 2.31. The molecule has 7 heteroatoms. The van der Waals surface area contributed by atoms with E-state index in [1.54, 1.807) is 4.90 Å². The van der Waals surface area contributed by atoms with Gasteiger partial charge in [-0.15, -0.1) is 0 Å². The van der Waals surface area contributed by atoms with E-state index in [4.69, 9.17) is 0 Å². The first-order chi connectivity index (χ1) is 11.5. The highest BCUT2D eigenvalue weighted by atomic mass is 16.2. The lowest BCUT2D eigenvalue weighted by atomic mass is 10.1. The third kappa shape index (κ3) is 3.32. The second kappa shape index (κ2) is 6.48. The maximum absolute atomic E-state index is 12.2. The Bertz CT molecular complexity index is 712. The van der Waals surface area contributed by atoms with Crippen molar-refractivity contribution in [1.82, 2.24) is 15.2 Å². The number of aryl methyl sites for hydroxylation is 2. The summed E-state index contributed by atoms with van der Waals surface area (Å²) in [5.41, 5.74) is 3.02. The van der Waals surface area contributed by atoms with Crippen molar-refractivity contribution >= 4 is 17.5 Å². The molecule has 0 aromatic carbocycles. The number of carbonyl (C=O) groups is 2. The standard InChI is InChI=1S/C17H21N5O2/c1-11-9-15(14(10-18)12(2)19-11)21-5-7-22(8-6-21)17(24)16(23)20-13-3-4-13/h9,13H,3-8H2,1-2H3,(H,20,23). The van der Waals surface area contributed by atoms with Crippen LogP contribution in [-0.2, 0) is 9.59 Å². The number of nitriles is 1. The summed E-state index contributed by atoms with van der Waals surface area (Å²) in [7, 11) is 0. The minimum atomic E-state index is -0.501. The zero-order valence-corrected chi connectivity index (χ0v) is 14.0. The summed E-state index contributed by atoms with van der Waals surface area (Å²) in [6, 6.07) is 4.31. The van der Waals surface area contributed by atoms with Crippen LogP contribution in [0.25, 0.3) is 0 Å². The van der Waals surface area contributed by atoms with Crippen LogP contribution in [0.1, 0.15) is 29.8 Å². The molecule has 1 aromatic rings. The molecular weight excluding hydrogens is 306 g/mol. The van der Waals surface area contributed by atoms with Gasteiger partial charge >= 0.3 is 11.8 Å². The molecule has 1 saturated heterocycles. The zero-order valence-electron chi connectivity index (χ0n) is 14.0. The van der Waals surface area contributed by atoms with Crippen LogP contribution in [0.5, 0.6) is 0 Å². The summed E-state index contributed by atoms with van der Waals surface area (Å²) in [5.74, 6) is -0.955. The van der Waals surface area contributed by atoms with Crippen LogP contribution in [0.4, 0.5) is 5.69 Å². The van der Waals surface area contributed by atoms with Crippen molar-refractivity contribution in [3.8, 4) is 6.07 Å². The van der Waals surface area contributed by atoms with Gasteiger partial charge in [-0.2, -0.15) is 5.26 Å². The third-order valence-corrected chi connectivity index (χ3v) is 4.43. The van der Waals surface area contributed by atoms with E-state index in [1.807, 2.05) is 19.9 Å². The number of aromatic nitrogens is 1. The third-order valence-electron chi connectivity index (χ3n) is 4.43. The molecule has 2 fully saturated rings. The average molecular weight is 327 g/mol. The van der Waals surface area contributed by atoms with Crippen LogP contribution in [0.15, 0.2) is 6.07 Å². The normalized spacial score (nSPS) is 17.4. The molecule has 0 unspecified atom stereocenters. The van der Waals surface area contributed by atoms with Gasteiger partial charge in [-0.05, 0) is 32.8 Å². The molecule has 126 valence electrons. The van der Waals surface area contributed by atoms with E-state index < -0.39 is 11.8 Å². The van der Waals surface area contributed by atoms with E-state index in [0.29, 0.717) is 31.7 Å². The van der Waals surface area contributed by atoms with Crippen LogP contribution < -0.4 is 10.2 Å². The lowest BCUT2D eigenvalue weighted by Gasteiger charge is -2.36. The molecule has 1 aliphatic heterocycles. The molecule has 3 rings (SSSR count). The van der Waals surface area contributed by atoms with Gasteiger partial charge in [-0.1, -0.05) is 0 Å². The fraction of sp³-hybridized carbons (Fsp3) is 0.529. The molecule has 0 bridgehead atoms. The van der Waals surface area contributed by atoms with Gasteiger partial charge in [0.2, 0.25) is 0 Å². The second-order valence-electron chi connectivity index (χ2n) is 6.38. The van der Waals surface area contributed by atoms with Crippen molar-refractivity contribution in [1.29, 1.82) is 5.26 Å². The molecule has 7 nitrogen and oxygen atoms in total. The molecule has 1 N–H and O–H groups in total. The Morgan fingerprint density at radius 1 is 1.25 bits per heavy atom. The van der Waals surface area contributed by atoms with E-state index in [9.17, 15) is 14.9 Å². The number of pyridine rings is 1. The number of carbonyl (C=O) groups excluding carboxylic acids is 2. The maximum atomic E-state index is 12.2. The fourth-order valence-electron chi connectivity index (χ4n) is 2.96. The van der Waals surface area contributed by atoms with Crippen LogP contribution >= 0.6 is 0 Å². The van der Waals surface area contributed by atoms with E-state index in [1.165, 1.54) is 0 Å². The number of amides is 2. The molecule has 0 radical (unpaired) electrons. The Kier molecular flexibility index (Phi) is 4.38. The van der Waals surface area contributed by atoms with Gasteiger partial charge in [0, 0.05) is 37.9 Å². The molecule has 2 aliphatic rings. The summed E-state index contributed by atoms with van der Waals surface area (Å²) in [6.45, 7) is 5.88. The van der Waals surface area contributed by atoms with E-state index in [-0.39, 0.29) is 6.04 Å². The summed E-state index contributed by atoms with van der Waals surface area (Å²) in [4.78, 5) is 32.0. The SMILES string of the molecule is Cc1cc(N2CCN(C(=O)C(=O)NC3CC3)CC2)c(C#N)c(C)n1. The topological polar surface area (TPSA) is 89.3 Å². The van der Waals surface area contributed by atoms with Crippen molar-refractivity contribution in [3.05, 3.63) is 23.0 Å². The Hall–Kier alpha value is -2.62. The Labute approximate surface area is 141 Å². The first kappa shape index (κ1) is 16.2. The average Bonchev–Trinajstić information content (AvgIpc) is 3.37. The van der Waals surface area contributed by atoms with Crippen LogP contribution in [-0.4, -0.2) is 53.9 Å². The Balaban J connectivity index is 1.66. The number of rotatable bonds is 2. The molecule has 1 saturated carbocycles. The van der Waals surface area contributed by atoms with Gasteiger partial charge in [0.15, 0.2) is 0 Å². The van der Waals surface area contributed by atoms with E-state index in [2.05, 4.69) is 21.3 Å². The van der Waals surface area contributed by atoms with Gasteiger partial charge in [-0.3, -0.25) is 14.6 Å². The molecule has 2 amide bonds. The first-order valence-electron chi connectivity index (χ1n) is 8.22. The maximum Gasteiger partial charge on any atom is 0.312 e. The molecule has 24 heavy (non-hydrogen) atoms. The molecule has 0 atom stereocenters. The minimum Gasteiger partial charge on any atom is -0.367 e. The van der Waals surface area contributed by atoms with Crippen molar-refractivity contribution in [2.75, 3.05) is 31.1 Å². The fourth-order valence-corrected chi connectivity index (χ4v) is 2.96. The summed E-state index contributed by atoms with van der Waals surface area (Å²) < 4.78 is 0. The lowest BCUT2D eigenvalue weighted by Crippen LogP contribution is -2.53. The van der Waals surface area contributed by atoms with Crippen LogP contribution in [0, 0.1) is 25.2 Å². The molecule has 1 aromatic heterocycles. The van der Waals surface area contributed by atoms with Crippen molar-refractivity contribution in [3.63, 3.8) is 0 Å². The van der Waals surface area contributed by atoms with Crippen molar-refractivity contribution in [2.24, 2.45) is 0 Å². The molecular formula is C17H21N5O2. The minimum absolute atomic E-state index is 0.184. The molecule has 0 spiro atoms. The summed E-state index contributed by atoms with van der Waals surface area (Å²) in [6.07, 6.45) is 1.93. The van der Waals surface area contributed by atoms with E-state index in [0.717, 1.165) is 29.9 Å². The van der Waals surface area contributed by atoms with Gasteiger partial charge < -0.3 is 15.1 Å². The zero-order chi connectivity index (χ0) is 17.3.